The Bertz CT molecular complexity index is 574. The molecule has 2 rings (SSSR count). The summed E-state index contributed by atoms with van der Waals surface area (Å²) in [6, 6.07) is 17.2. The van der Waals surface area contributed by atoms with Crippen LogP contribution in [0, 0.1) is 0 Å². The summed E-state index contributed by atoms with van der Waals surface area (Å²) < 4.78 is 4.86. The Kier molecular flexibility index (Phi) is 7.44. The van der Waals surface area contributed by atoms with Crippen LogP contribution in [0.25, 0.3) is 0 Å². The Morgan fingerprint density at radius 2 is 1.33 bits per heavy atom. The number of hydrogen-bond acceptors (Lipinski definition) is 5. The third-order valence-electron chi connectivity index (χ3n) is 2.37. The van der Waals surface area contributed by atoms with Crippen LogP contribution in [0.15, 0.2) is 60.7 Å². The zero-order chi connectivity index (χ0) is 14.4. The van der Waals surface area contributed by atoms with Gasteiger partial charge in [-0.3, -0.25) is 4.79 Å². The second kappa shape index (κ2) is 8.83. The van der Waals surface area contributed by atoms with Crippen LogP contribution >= 0.6 is 24.0 Å². The van der Waals surface area contributed by atoms with Gasteiger partial charge in [0.25, 0.3) is 0 Å². The number of carbonyl (C=O) groups excluding carboxylic acids is 2. The Hall–Kier alpha value is -1.36. The monoisotopic (exact) mass is 366 g/mol. The number of hydrogen-bond donors (Lipinski definition) is 0. The molecular weight excluding hydrogens is 358 g/mol. The van der Waals surface area contributed by atoms with E-state index in [-0.39, 0.29) is 29.0 Å². The summed E-state index contributed by atoms with van der Waals surface area (Å²) in [5.41, 5.74) is 0.901. The van der Waals surface area contributed by atoms with E-state index in [1.807, 2.05) is 6.07 Å². The summed E-state index contributed by atoms with van der Waals surface area (Å²) in [4.78, 5) is 23.6. The number of ether oxygens (including phenoxy) is 1. The van der Waals surface area contributed by atoms with E-state index < -0.39 is 5.97 Å². The van der Waals surface area contributed by atoms with Crippen molar-refractivity contribution in [1.29, 1.82) is 0 Å². The molecule has 0 aliphatic rings. The Balaban J connectivity index is 0.00000220. The van der Waals surface area contributed by atoms with E-state index >= 15 is 0 Å². The van der Waals surface area contributed by atoms with Gasteiger partial charge in [0.1, 0.15) is 0 Å². The van der Waals surface area contributed by atoms with Crippen LogP contribution in [0.1, 0.15) is 20.7 Å². The minimum atomic E-state index is -0.566. The standard InChI is InChI=1S/C15H10O3S2.Zn/c16-13(11-7-3-1-4-8-11)18-15(19)20-14(17)12-9-5-2-6-10-12;/h1-10H;. The van der Waals surface area contributed by atoms with Crippen molar-refractivity contribution >= 4 is 39.4 Å². The molecule has 0 aromatic heterocycles. The second-order valence-corrected chi connectivity index (χ2v) is 5.34. The molecule has 21 heavy (non-hydrogen) atoms. The topological polar surface area (TPSA) is 43.4 Å². The van der Waals surface area contributed by atoms with Gasteiger partial charge in [-0.2, -0.15) is 0 Å². The second-order valence-electron chi connectivity index (χ2n) is 3.76. The molecule has 2 aromatic rings. The number of benzene rings is 2. The molecule has 0 N–H and O–H groups in total. The van der Waals surface area contributed by atoms with Crippen molar-refractivity contribution in [2.45, 2.75) is 0 Å². The fourth-order valence-electron chi connectivity index (χ4n) is 1.44. The van der Waals surface area contributed by atoms with Gasteiger partial charge in [-0.1, -0.05) is 48.5 Å². The molecule has 0 saturated heterocycles. The average molecular weight is 368 g/mol. The van der Waals surface area contributed by atoms with Crippen LogP contribution in [-0.2, 0) is 24.2 Å². The van der Waals surface area contributed by atoms with E-state index in [9.17, 15) is 9.59 Å². The predicted molar refractivity (Wildman–Crippen MR) is 82.8 cm³/mol. The van der Waals surface area contributed by atoms with Gasteiger partial charge in [-0.25, -0.2) is 4.79 Å². The minimum Gasteiger partial charge on any atom is -0.404 e. The first-order chi connectivity index (χ1) is 9.66. The maximum absolute atomic E-state index is 11.9. The maximum Gasteiger partial charge on any atom is 0.344 e. The average Bonchev–Trinajstić information content (AvgIpc) is 2.49. The zero-order valence-corrected chi connectivity index (χ0v) is 15.6. The van der Waals surface area contributed by atoms with E-state index in [1.165, 1.54) is 0 Å². The molecule has 0 fully saturated rings. The number of rotatable bonds is 2. The summed E-state index contributed by atoms with van der Waals surface area (Å²) >= 11 is 5.63. The van der Waals surface area contributed by atoms with Crippen molar-refractivity contribution in [2.75, 3.05) is 0 Å². The normalized spacial score (nSPS) is 9.33. The van der Waals surface area contributed by atoms with Crippen molar-refractivity contribution in [1.82, 2.24) is 0 Å². The third kappa shape index (κ3) is 5.50. The van der Waals surface area contributed by atoms with Crippen LogP contribution in [-0.4, -0.2) is 15.5 Å². The molecule has 0 amide bonds. The SMILES string of the molecule is O=C(OC(=S)SC(=O)c1ccccc1)c1ccccc1.[Zn]. The Morgan fingerprint density at radius 3 is 1.86 bits per heavy atom. The van der Waals surface area contributed by atoms with Crippen molar-refractivity contribution in [2.24, 2.45) is 0 Å². The van der Waals surface area contributed by atoms with E-state index in [4.69, 9.17) is 17.0 Å². The molecule has 2 aromatic carbocycles. The Labute approximate surface area is 144 Å². The zero-order valence-electron chi connectivity index (χ0n) is 11.0. The van der Waals surface area contributed by atoms with Gasteiger partial charge < -0.3 is 4.74 Å². The number of carbonyl (C=O) groups is 2. The van der Waals surface area contributed by atoms with E-state index in [2.05, 4.69) is 0 Å². The molecular formula is C15H10O3S2Zn. The summed E-state index contributed by atoms with van der Waals surface area (Å²) in [5.74, 6) is -0.566. The van der Waals surface area contributed by atoms with Gasteiger partial charge >= 0.3 is 5.97 Å². The van der Waals surface area contributed by atoms with Crippen LogP contribution < -0.4 is 0 Å². The predicted octanol–water partition coefficient (Wildman–Crippen LogP) is 3.70. The first-order valence-corrected chi connectivity index (χ1v) is 6.97. The van der Waals surface area contributed by atoms with Crippen LogP contribution in [0.4, 0.5) is 0 Å². The summed E-state index contributed by atoms with van der Waals surface area (Å²) in [5, 5.41) is -0.253. The smallest absolute Gasteiger partial charge is 0.344 e. The van der Waals surface area contributed by atoms with Crippen molar-refractivity contribution in [3.8, 4) is 0 Å². The summed E-state index contributed by atoms with van der Waals surface area (Å²) in [6.45, 7) is 0. The molecule has 3 nitrogen and oxygen atoms in total. The number of thioether (sulfide) groups is 1. The van der Waals surface area contributed by atoms with Crippen molar-refractivity contribution in [3.63, 3.8) is 0 Å². The first-order valence-electron chi connectivity index (χ1n) is 5.75. The summed E-state index contributed by atoms with van der Waals surface area (Å²) in [7, 11) is 0. The minimum absolute atomic E-state index is 0. The van der Waals surface area contributed by atoms with Gasteiger partial charge in [-0.15, -0.1) is 0 Å². The van der Waals surface area contributed by atoms with E-state index in [0.29, 0.717) is 11.1 Å². The molecule has 0 bridgehead atoms. The van der Waals surface area contributed by atoms with Gasteiger partial charge in [0.15, 0.2) is 0 Å². The van der Waals surface area contributed by atoms with E-state index in [0.717, 1.165) is 11.8 Å². The molecule has 0 aliphatic heterocycles. The molecule has 0 aliphatic carbocycles. The molecule has 0 saturated carbocycles. The van der Waals surface area contributed by atoms with Crippen LogP contribution in [0.5, 0.6) is 0 Å². The molecule has 6 heteroatoms. The number of esters is 1. The molecule has 0 spiro atoms. The molecule has 0 unspecified atom stereocenters. The van der Waals surface area contributed by atoms with Crippen molar-refractivity contribution in [3.05, 3.63) is 71.8 Å². The molecule has 0 atom stereocenters. The van der Waals surface area contributed by atoms with Gasteiger partial charge in [0, 0.05) is 36.8 Å². The van der Waals surface area contributed by atoms with Gasteiger partial charge in [-0.05, 0) is 24.4 Å². The van der Waals surface area contributed by atoms with Gasteiger partial charge in [0.2, 0.25) is 9.50 Å². The van der Waals surface area contributed by atoms with Crippen LogP contribution in [0.3, 0.4) is 0 Å². The van der Waals surface area contributed by atoms with Gasteiger partial charge in [0.05, 0.1) is 5.56 Å². The molecule has 0 radical (unpaired) electrons. The quantitative estimate of drug-likeness (QED) is 0.460. The fraction of sp³-hybridized carbons (Fsp3) is 0. The first kappa shape index (κ1) is 17.7. The molecule has 102 valence electrons. The Morgan fingerprint density at radius 1 is 0.857 bits per heavy atom. The van der Waals surface area contributed by atoms with E-state index in [1.54, 1.807) is 54.6 Å². The van der Waals surface area contributed by atoms with Crippen LogP contribution in [0.2, 0.25) is 0 Å². The fourth-order valence-corrected chi connectivity index (χ4v) is 2.26. The summed E-state index contributed by atoms with van der Waals surface area (Å²) in [6.07, 6.45) is 0. The maximum atomic E-state index is 11.9. The molecule has 0 heterocycles. The third-order valence-corrected chi connectivity index (χ3v) is 3.38. The number of thiocarbonyl (C=S) groups is 1. The van der Waals surface area contributed by atoms with Crippen molar-refractivity contribution < 1.29 is 33.8 Å². The largest absolute Gasteiger partial charge is 0.404 e.